The van der Waals surface area contributed by atoms with Gasteiger partial charge in [-0.25, -0.2) is 0 Å². The Kier molecular flexibility index (Phi) is 8.90. The van der Waals surface area contributed by atoms with E-state index in [1.54, 1.807) is 13.2 Å². The van der Waals surface area contributed by atoms with Crippen LogP contribution in [0.1, 0.15) is 23.6 Å². The van der Waals surface area contributed by atoms with Gasteiger partial charge < -0.3 is 24.3 Å². The Morgan fingerprint density at radius 3 is 2.42 bits per heavy atom. The molecule has 36 heavy (non-hydrogen) atoms. The Morgan fingerprint density at radius 1 is 0.944 bits per heavy atom. The van der Waals surface area contributed by atoms with Crippen molar-refractivity contribution in [2.45, 2.75) is 20.1 Å². The van der Waals surface area contributed by atoms with Crippen molar-refractivity contribution in [3.63, 3.8) is 0 Å². The van der Waals surface area contributed by atoms with Gasteiger partial charge in [-0.05, 0) is 69.9 Å². The monoisotopic (exact) mass is 585 g/mol. The number of benzene rings is 3. The molecule has 1 fully saturated rings. The molecule has 6 nitrogen and oxygen atoms in total. The summed E-state index contributed by atoms with van der Waals surface area (Å²) in [5, 5.41) is 2.61. The third-order valence-corrected chi connectivity index (χ3v) is 6.87. The number of halogens is 1. The Hall–Kier alpha value is -3.01. The van der Waals surface area contributed by atoms with E-state index in [1.165, 1.54) is 11.8 Å². The first-order valence-corrected chi connectivity index (χ1v) is 13.2. The molecule has 9 heteroatoms. The SMILES string of the molecule is CCOc1cc(COc2c(Br)cc(/C=C3/SC(=S)NC3=O)cc2OC)ccc1OCc1ccccc1. The Balaban J connectivity index is 1.48. The minimum absolute atomic E-state index is 0.207. The first-order valence-electron chi connectivity index (χ1n) is 11.1. The smallest absolute Gasteiger partial charge is 0.263 e. The van der Waals surface area contributed by atoms with E-state index in [0.29, 0.717) is 56.5 Å². The molecule has 0 radical (unpaired) electrons. The van der Waals surface area contributed by atoms with E-state index in [9.17, 15) is 4.79 Å². The molecule has 3 aromatic rings. The summed E-state index contributed by atoms with van der Waals surface area (Å²) in [6, 6.07) is 19.4. The Bertz CT molecular complexity index is 1300. The van der Waals surface area contributed by atoms with Gasteiger partial charge in [0.05, 0.1) is 23.1 Å². The maximum atomic E-state index is 12.0. The van der Waals surface area contributed by atoms with Gasteiger partial charge >= 0.3 is 0 Å². The molecule has 0 aromatic heterocycles. The topological polar surface area (TPSA) is 66.0 Å². The first-order chi connectivity index (χ1) is 17.5. The van der Waals surface area contributed by atoms with E-state index >= 15 is 0 Å². The van der Waals surface area contributed by atoms with Gasteiger partial charge in [0.2, 0.25) is 0 Å². The number of thioether (sulfide) groups is 1. The second-order valence-corrected chi connectivity index (χ2v) is 10.2. The van der Waals surface area contributed by atoms with Crippen LogP contribution in [-0.4, -0.2) is 23.9 Å². The molecule has 1 N–H and O–H groups in total. The average Bonchev–Trinajstić information content (AvgIpc) is 3.19. The molecule has 3 aromatic carbocycles. The predicted molar refractivity (Wildman–Crippen MR) is 150 cm³/mol. The third-order valence-electron chi connectivity index (χ3n) is 5.12. The molecule has 186 valence electrons. The van der Waals surface area contributed by atoms with Crippen molar-refractivity contribution in [2.24, 2.45) is 0 Å². The van der Waals surface area contributed by atoms with Crippen molar-refractivity contribution in [1.29, 1.82) is 0 Å². The predicted octanol–water partition coefficient (Wildman–Crippen LogP) is 6.50. The number of methoxy groups -OCH3 is 1. The molecular formula is C27H24BrNO5S2. The molecule has 1 aliphatic heterocycles. The number of carbonyl (C=O) groups excluding carboxylic acids is 1. The molecular weight excluding hydrogens is 562 g/mol. The van der Waals surface area contributed by atoms with Gasteiger partial charge in [0.15, 0.2) is 23.0 Å². The van der Waals surface area contributed by atoms with Crippen LogP contribution in [0.5, 0.6) is 23.0 Å². The van der Waals surface area contributed by atoms with Crippen LogP contribution < -0.4 is 24.3 Å². The molecule has 1 heterocycles. The summed E-state index contributed by atoms with van der Waals surface area (Å²) in [6.45, 7) is 3.20. The summed E-state index contributed by atoms with van der Waals surface area (Å²) >= 11 is 9.86. The molecule has 1 aliphatic rings. The van der Waals surface area contributed by atoms with Crippen LogP contribution in [0.2, 0.25) is 0 Å². The van der Waals surface area contributed by atoms with Crippen molar-refractivity contribution in [1.82, 2.24) is 5.32 Å². The highest BCUT2D eigenvalue weighted by Gasteiger charge is 2.22. The van der Waals surface area contributed by atoms with E-state index in [-0.39, 0.29) is 5.91 Å². The molecule has 1 amide bonds. The average molecular weight is 587 g/mol. The van der Waals surface area contributed by atoms with Gasteiger partial charge in [-0.15, -0.1) is 0 Å². The van der Waals surface area contributed by atoms with Crippen molar-refractivity contribution >= 4 is 56.2 Å². The third kappa shape index (κ3) is 6.60. The van der Waals surface area contributed by atoms with E-state index in [4.69, 9.17) is 31.2 Å². The van der Waals surface area contributed by atoms with Gasteiger partial charge in [-0.2, -0.15) is 0 Å². The maximum absolute atomic E-state index is 12.0. The minimum Gasteiger partial charge on any atom is -0.493 e. The number of carbonyl (C=O) groups is 1. The minimum atomic E-state index is -0.207. The lowest BCUT2D eigenvalue weighted by Crippen LogP contribution is -2.17. The maximum Gasteiger partial charge on any atom is 0.263 e. The van der Waals surface area contributed by atoms with Crippen LogP contribution in [0.15, 0.2) is 70.0 Å². The van der Waals surface area contributed by atoms with E-state index < -0.39 is 0 Å². The van der Waals surface area contributed by atoms with Crippen LogP contribution in [0, 0.1) is 0 Å². The normalized spacial score (nSPS) is 14.0. The number of thiocarbonyl (C=S) groups is 1. The van der Waals surface area contributed by atoms with Gasteiger partial charge in [-0.3, -0.25) is 4.79 Å². The van der Waals surface area contributed by atoms with E-state index in [2.05, 4.69) is 21.2 Å². The summed E-state index contributed by atoms with van der Waals surface area (Å²) in [5.41, 5.74) is 2.78. The fourth-order valence-electron chi connectivity index (χ4n) is 3.46. The van der Waals surface area contributed by atoms with Gasteiger partial charge in [0.1, 0.15) is 17.5 Å². The molecule has 0 saturated carbocycles. The molecule has 0 bridgehead atoms. The van der Waals surface area contributed by atoms with Crippen LogP contribution in [0.25, 0.3) is 6.08 Å². The molecule has 0 atom stereocenters. The van der Waals surface area contributed by atoms with E-state index in [1.807, 2.05) is 67.6 Å². The zero-order chi connectivity index (χ0) is 25.5. The number of amides is 1. The summed E-state index contributed by atoms with van der Waals surface area (Å²) in [5.74, 6) is 2.22. The van der Waals surface area contributed by atoms with Crippen molar-refractivity contribution in [3.8, 4) is 23.0 Å². The van der Waals surface area contributed by atoms with E-state index in [0.717, 1.165) is 16.7 Å². The second kappa shape index (κ2) is 12.3. The standard InChI is InChI=1S/C27H24BrNO5S2/c1-3-32-22-12-18(9-10-21(22)33-15-17-7-5-4-6-8-17)16-34-25-20(28)11-19(13-23(25)31-2)14-24-26(30)29-27(35)36-24/h4-14H,3,15-16H2,1-2H3,(H,29,30,35)/b24-14+. The highest BCUT2D eigenvalue weighted by atomic mass is 79.9. The van der Waals surface area contributed by atoms with Crippen molar-refractivity contribution in [2.75, 3.05) is 13.7 Å². The first kappa shape index (κ1) is 26.1. The summed E-state index contributed by atoms with van der Waals surface area (Å²) in [7, 11) is 1.57. The van der Waals surface area contributed by atoms with Gasteiger partial charge in [0, 0.05) is 0 Å². The highest BCUT2D eigenvalue weighted by Crippen LogP contribution is 2.39. The summed E-state index contributed by atoms with van der Waals surface area (Å²) < 4.78 is 24.6. The quantitative estimate of drug-likeness (QED) is 0.215. The largest absolute Gasteiger partial charge is 0.493 e. The number of rotatable bonds is 10. The second-order valence-electron chi connectivity index (χ2n) is 7.66. The fourth-order valence-corrected chi connectivity index (χ4v) is 5.07. The molecule has 0 aliphatic carbocycles. The Labute approximate surface area is 228 Å². The summed E-state index contributed by atoms with van der Waals surface area (Å²) in [4.78, 5) is 12.5. The number of nitrogens with one attached hydrogen (secondary N) is 1. The van der Waals surface area contributed by atoms with Crippen LogP contribution >= 0.6 is 39.9 Å². The number of hydrogen-bond acceptors (Lipinski definition) is 7. The molecule has 0 spiro atoms. The lowest BCUT2D eigenvalue weighted by Gasteiger charge is -2.16. The van der Waals surface area contributed by atoms with Crippen LogP contribution in [0.4, 0.5) is 0 Å². The van der Waals surface area contributed by atoms with Gasteiger partial charge in [-0.1, -0.05) is 60.4 Å². The van der Waals surface area contributed by atoms with Crippen LogP contribution in [-0.2, 0) is 18.0 Å². The zero-order valence-electron chi connectivity index (χ0n) is 19.7. The molecule has 1 saturated heterocycles. The fraction of sp³-hybridized carbons (Fsp3) is 0.185. The Morgan fingerprint density at radius 2 is 1.72 bits per heavy atom. The lowest BCUT2D eigenvalue weighted by molar-refractivity contribution is -0.115. The molecule has 4 rings (SSSR count). The highest BCUT2D eigenvalue weighted by molar-refractivity contribution is 9.10. The van der Waals surface area contributed by atoms with Crippen molar-refractivity contribution < 1.29 is 23.7 Å². The zero-order valence-corrected chi connectivity index (χ0v) is 22.9. The van der Waals surface area contributed by atoms with Crippen molar-refractivity contribution in [3.05, 3.63) is 86.7 Å². The lowest BCUT2D eigenvalue weighted by atomic mass is 10.1. The number of hydrogen-bond donors (Lipinski definition) is 1. The molecule has 0 unspecified atom stereocenters. The van der Waals surface area contributed by atoms with Crippen LogP contribution in [0.3, 0.4) is 0 Å². The van der Waals surface area contributed by atoms with Gasteiger partial charge in [0.25, 0.3) is 5.91 Å². The summed E-state index contributed by atoms with van der Waals surface area (Å²) in [6.07, 6.45) is 1.76. The number of ether oxygens (including phenoxy) is 4.